The van der Waals surface area contributed by atoms with Crippen molar-refractivity contribution in [2.24, 2.45) is 0 Å². The average Bonchev–Trinajstić information content (AvgIpc) is 3.02. The van der Waals surface area contributed by atoms with Gasteiger partial charge in [0.1, 0.15) is 24.0 Å². The molecule has 220 valence electrons. The molecule has 1 saturated heterocycles. The van der Waals surface area contributed by atoms with Crippen LogP contribution in [0.3, 0.4) is 0 Å². The van der Waals surface area contributed by atoms with E-state index in [4.69, 9.17) is 0 Å². The standard InChI is InChI=1S/C33H29F3N4O3/c34-25-10-8-23(9-11-25)21-40(33(43)29-6-1-2-7-30(29)36)22-31(41)37-27-12-14-28(15-13-27)38-16-18-39(19-17-38)32(42)24-4-3-5-26(35)20-24/h1-15,20H,16-19,21-22H2,(H,37,41). The van der Waals surface area contributed by atoms with Gasteiger partial charge in [0.15, 0.2) is 0 Å². The molecular formula is C33H29F3N4O3. The van der Waals surface area contributed by atoms with Gasteiger partial charge in [0.25, 0.3) is 11.8 Å². The molecule has 4 aromatic carbocycles. The Labute approximate surface area is 247 Å². The molecular weight excluding hydrogens is 557 g/mol. The molecule has 5 rings (SSSR count). The second-order valence-corrected chi connectivity index (χ2v) is 10.2. The maximum absolute atomic E-state index is 14.4. The maximum Gasteiger partial charge on any atom is 0.257 e. The van der Waals surface area contributed by atoms with Crippen LogP contribution in [-0.2, 0) is 11.3 Å². The zero-order valence-electron chi connectivity index (χ0n) is 23.2. The fourth-order valence-electron chi connectivity index (χ4n) is 4.92. The van der Waals surface area contributed by atoms with E-state index in [1.807, 2.05) is 12.1 Å². The van der Waals surface area contributed by atoms with Crippen LogP contribution >= 0.6 is 0 Å². The van der Waals surface area contributed by atoms with E-state index in [2.05, 4.69) is 10.2 Å². The van der Waals surface area contributed by atoms with Crippen LogP contribution in [0.4, 0.5) is 24.5 Å². The Morgan fingerprint density at radius 3 is 2.12 bits per heavy atom. The van der Waals surface area contributed by atoms with Gasteiger partial charge >= 0.3 is 0 Å². The van der Waals surface area contributed by atoms with E-state index in [9.17, 15) is 27.6 Å². The molecule has 7 nitrogen and oxygen atoms in total. The van der Waals surface area contributed by atoms with Gasteiger partial charge in [-0.1, -0.05) is 30.3 Å². The number of anilines is 2. The number of halogens is 3. The highest BCUT2D eigenvalue weighted by atomic mass is 19.1. The maximum atomic E-state index is 14.4. The zero-order valence-corrected chi connectivity index (χ0v) is 23.2. The molecule has 0 radical (unpaired) electrons. The molecule has 0 unspecified atom stereocenters. The van der Waals surface area contributed by atoms with Gasteiger partial charge in [-0.05, 0) is 72.3 Å². The number of nitrogens with one attached hydrogen (secondary N) is 1. The second-order valence-electron chi connectivity index (χ2n) is 10.2. The molecule has 0 spiro atoms. The van der Waals surface area contributed by atoms with Crippen molar-refractivity contribution < 1.29 is 27.6 Å². The lowest BCUT2D eigenvalue weighted by Crippen LogP contribution is -2.48. The Hall–Kier alpha value is -5.12. The van der Waals surface area contributed by atoms with Gasteiger partial charge in [-0.15, -0.1) is 0 Å². The highest BCUT2D eigenvalue weighted by molar-refractivity contribution is 5.99. The molecule has 1 aliphatic heterocycles. The van der Waals surface area contributed by atoms with Crippen molar-refractivity contribution in [1.29, 1.82) is 0 Å². The number of benzene rings is 4. The highest BCUT2D eigenvalue weighted by Gasteiger charge is 2.24. The predicted octanol–water partition coefficient (Wildman–Crippen LogP) is 5.35. The Balaban J connectivity index is 1.19. The van der Waals surface area contributed by atoms with Crippen molar-refractivity contribution in [2.75, 3.05) is 42.9 Å². The van der Waals surface area contributed by atoms with Crippen LogP contribution in [0.2, 0.25) is 0 Å². The average molecular weight is 587 g/mol. The Morgan fingerprint density at radius 1 is 0.744 bits per heavy atom. The van der Waals surface area contributed by atoms with Crippen LogP contribution < -0.4 is 10.2 Å². The summed E-state index contributed by atoms with van der Waals surface area (Å²) in [6.07, 6.45) is 0. The number of hydrogen-bond acceptors (Lipinski definition) is 4. The summed E-state index contributed by atoms with van der Waals surface area (Å²) in [5.41, 5.74) is 2.15. The Morgan fingerprint density at radius 2 is 1.44 bits per heavy atom. The van der Waals surface area contributed by atoms with E-state index in [1.54, 1.807) is 23.1 Å². The third-order valence-corrected chi connectivity index (χ3v) is 7.17. The summed E-state index contributed by atoms with van der Waals surface area (Å²) in [5, 5.41) is 2.77. The predicted molar refractivity (Wildman–Crippen MR) is 157 cm³/mol. The first-order valence-electron chi connectivity index (χ1n) is 13.7. The molecule has 1 heterocycles. The molecule has 1 fully saturated rings. The summed E-state index contributed by atoms with van der Waals surface area (Å²) in [6.45, 7) is 1.76. The lowest BCUT2D eigenvalue weighted by molar-refractivity contribution is -0.117. The van der Waals surface area contributed by atoms with Crippen molar-refractivity contribution in [2.45, 2.75) is 6.54 Å². The van der Waals surface area contributed by atoms with Gasteiger partial charge in [0, 0.05) is 49.7 Å². The molecule has 0 aromatic heterocycles. The van der Waals surface area contributed by atoms with Gasteiger partial charge in [0.2, 0.25) is 5.91 Å². The molecule has 1 aliphatic rings. The molecule has 0 saturated carbocycles. The topological polar surface area (TPSA) is 73.0 Å². The smallest absolute Gasteiger partial charge is 0.257 e. The summed E-state index contributed by atoms with van der Waals surface area (Å²) in [7, 11) is 0. The van der Waals surface area contributed by atoms with E-state index in [0.29, 0.717) is 43.0 Å². The quantitative estimate of drug-likeness (QED) is 0.302. The van der Waals surface area contributed by atoms with Gasteiger partial charge < -0.3 is 20.0 Å². The molecule has 0 aliphatic carbocycles. The molecule has 4 aromatic rings. The lowest BCUT2D eigenvalue weighted by Gasteiger charge is -2.36. The Kier molecular flexibility index (Phi) is 9.05. The molecule has 10 heteroatoms. The van der Waals surface area contributed by atoms with Crippen LogP contribution in [0, 0.1) is 17.5 Å². The lowest BCUT2D eigenvalue weighted by atomic mass is 10.1. The number of nitrogens with zero attached hydrogens (tertiary/aromatic N) is 3. The number of piperazine rings is 1. The van der Waals surface area contributed by atoms with Gasteiger partial charge in [0.05, 0.1) is 5.56 Å². The van der Waals surface area contributed by atoms with Crippen LogP contribution in [0.5, 0.6) is 0 Å². The first-order valence-corrected chi connectivity index (χ1v) is 13.7. The number of carbonyl (C=O) groups excluding carboxylic acids is 3. The summed E-state index contributed by atoms with van der Waals surface area (Å²) >= 11 is 0. The highest BCUT2D eigenvalue weighted by Crippen LogP contribution is 2.21. The summed E-state index contributed by atoms with van der Waals surface area (Å²) in [4.78, 5) is 43.9. The van der Waals surface area contributed by atoms with E-state index in [0.717, 1.165) is 5.69 Å². The summed E-state index contributed by atoms with van der Waals surface area (Å²) < 4.78 is 41.3. The van der Waals surface area contributed by atoms with Crippen molar-refractivity contribution in [3.8, 4) is 0 Å². The van der Waals surface area contributed by atoms with Crippen LogP contribution in [0.25, 0.3) is 0 Å². The number of hydrogen-bond donors (Lipinski definition) is 1. The molecule has 0 bridgehead atoms. The summed E-state index contributed by atoms with van der Waals surface area (Å²) in [6, 6.07) is 23.9. The Bertz CT molecular complexity index is 1600. The van der Waals surface area contributed by atoms with Gasteiger partial charge in [-0.25, -0.2) is 13.2 Å². The van der Waals surface area contributed by atoms with Gasteiger partial charge in [-0.3, -0.25) is 14.4 Å². The molecule has 0 atom stereocenters. The molecule has 3 amide bonds. The third kappa shape index (κ3) is 7.40. The SMILES string of the molecule is O=C(CN(Cc1ccc(F)cc1)C(=O)c1ccccc1F)Nc1ccc(N2CCN(C(=O)c3cccc(F)c3)CC2)cc1. The second kappa shape index (κ2) is 13.2. The zero-order chi connectivity index (χ0) is 30.3. The third-order valence-electron chi connectivity index (χ3n) is 7.17. The molecule has 43 heavy (non-hydrogen) atoms. The molecule has 1 N–H and O–H groups in total. The largest absolute Gasteiger partial charge is 0.368 e. The van der Waals surface area contributed by atoms with Crippen LogP contribution in [0.15, 0.2) is 97.1 Å². The first kappa shape index (κ1) is 29.4. The van der Waals surface area contributed by atoms with Crippen molar-refractivity contribution in [3.05, 3.63) is 131 Å². The van der Waals surface area contributed by atoms with Crippen LogP contribution in [0.1, 0.15) is 26.3 Å². The van der Waals surface area contributed by atoms with E-state index < -0.39 is 29.3 Å². The minimum Gasteiger partial charge on any atom is -0.368 e. The van der Waals surface area contributed by atoms with Crippen molar-refractivity contribution in [3.63, 3.8) is 0 Å². The first-order chi connectivity index (χ1) is 20.8. The van der Waals surface area contributed by atoms with Crippen molar-refractivity contribution >= 4 is 29.1 Å². The van der Waals surface area contributed by atoms with E-state index in [-0.39, 0.29) is 24.6 Å². The monoisotopic (exact) mass is 586 g/mol. The van der Waals surface area contributed by atoms with E-state index >= 15 is 0 Å². The van der Waals surface area contributed by atoms with E-state index in [1.165, 1.54) is 71.6 Å². The minimum absolute atomic E-state index is 0.0203. The fraction of sp³-hybridized carbons (Fsp3) is 0.182. The number of carbonyl (C=O) groups is 3. The minimum atomic E-state index is -0.702. The fourth-order valence-corrected chi connectivity index (χ4v) is 4.92. The summed E-state index contributed by atoms with van der Waals surface area (Å²) in [5.74, 6) is -2.94. The normalized spacial score (nSPS) is 13.0. The van der Waals surface area contributed by atoms with Gasteiger partial charge in [-0.2, -0.15) is 0 Å². The number of rotatable bonds is 8. The van der Waals surface area contributed by atoms with Crippen LogP contribution in [-0.4, -0.2) is 60.2 Å². The van der Waals surface area contributed by atoms with Crippen molar-refractivity contribution in [1.82, 2.24) is 9.80 Å². The number of amides is 3.